The van der Waals surface area contributed by atoms with Crippen molar-refractivity contribution in [2.24, 2.45) is 11.7 Å². The van der Waals surface area contributed by atoms with Crippen LogP contribution in [0, 0.1) is 12.8 Å². The van der Waals surface area contributed by atoms with Gasteiger partial charge in [-0.05, 0) is 51.0 Å². The molecule has 0 aromatic heterocycles. The SMILES string of the molecule is Cc1cccc(C2(C(=O)N3CCC(C(C)N)CC3)CCCCC2)c1. The van der Waals surface area contributed by atoms with Crippen molar-refractivity contribution in [3.8, 4) is 0 Å². The summed E-state index contributed by atoms with van der Waals surface area (Å²) in [6, 6.07) is 8.88. The fourth-order valence-corrected chi connectivity index (χ4v) is 4.66. The molecule has 3 nitrogen and oxygen atoms in total. The van der Waals surface area contributed by atoms with Crippen molar-refractivity contribution >= 4 is 5.91 Å². The van der Waals surface area contributed by atoms with Crippen LogP contribution in [-0.4, -0.2) is 29.9 Å². The van der Waals surface area contributed by atoms with E-state index in [1.807, 2.05) is 0 Å². The largest absolute Gasteiger partial charge is 0.342 e. The van der Waals surface area contributed by atoms with E-state index < -0.39 is 0 Å². The highest BCUT2D eigenvalue weighted by Crippen LogP contribution is 2.42. The number of hydrogen-bond donors (Lipinski definition) is 1. The van der Waals surface area contributed by atoms with Crippen LogP contribution in [0.2, 0.25) is 0 Å². The molecule has 1 saturated carbocycles. The normalized spacial score (nSPS) is 23.0. The first-order valence-corrected chi connectivity index (χ1v) is 9.65. The molecule has 3 rings (SSSR count). The molecular formula is C21H32N2O. The monoisotopic (exact) mass is 328 g/mol. The molecule has 2 N–H and O–H groups in total. The number of amides is 1. The molecule has 1 heterocycles. The van der Waals surface area contributed by atoms with Gasteiger partial charge in [0.25, 0.3) is 0 Å². The van der Waals surface area contributed by atoms with E-state index in [1.54, 1.807) is 0 Å². The zero-order chi connectivity index (χ0) is 17.2. The number of carbonyl (C=O) groups excluding carboxylic acids is 1. The quantitative estimate of drug-likeness (QED) is 0.918. The van der Waals surface area contributed by atoms with Crippen molar-refractivity contribution in [1.82, 2.24) is 4.90 Å². The summed E-state index contributed by atoms with van der Waals surface area (Å²) >= 11 is 0. The van der Waals surface area contributed by atoms with E-state index in [0.717, 1.165) is 51.6 Å². The first-order chi connectivity index (χ1) is 11.5. The molecule has 0 bridgehead atoms. The van der Waals surface area contributed by atoms with E-state index in [0.29, 0.717) is 11.8 Å². The lowest BCUT2D eigenvalue weighted by Gasteiger charge is -2.43. The third-order valence-electron chi connectivity index (χ3n) is 6.26. The Hall–Kier alpha value is -1.35. The van der Waals surface area contributed by atoms with Gasteiger partial charge in [0.1, 0.15) is 0 Å². The van der Waals surface area contributed by atoms with Gasteiger partial charge in [-0.25, -0.2) is 0 Å². The average molecular weight is 329 g/mol. The molecule has 2 aliphatic rings. The Morgan fingerprint density at radius 3 is 2.46 bits per heavy atom. The van der Waals surface area contributed by atoms with Crippen molar-refractivity contribution in [1.29, 1.82) is 0 Å². The van der Waals surface area contributed by atoms with Gasteiger partial charge in [-0.15, -0.1) is 0 Å². The maximum Gasteiger partial charge on any atom is 0.233 e. The number of piperidine rings is 1. The van der Waals surface area contributed by atoms with Gasteiger partial charge >= 0.3 is 0 Å². The van der Waals surface area contributed by atoms with E-state index in [2.05, 4.69) is 43.0 Å². The van der Waals surface area contributed by atoms with Gasteiger partial charge in [-0.1, -0.05) is 49.1 Å². The highest BCUT2D eigenvalue weighted by molar-refractivity contribution is 5.88. The van der Waals surface area contributed by atoms with Crippen LogP contribution >= 0.6 is 0 Å². The molecule has 1 aromatic rings. The minimum absolute atomic E-state index is 0.239. The van der Waals surface area contributed by atoms with E-state index in [9.17, 15) is 4.79 Å². The summed E-state index contributed by atoms with van der Waals surface area (Å²) in [5, 5.41) is 0. The second kappa shape index (κ2) is 7.26. The van der Waals surface area contributed by atoms with Crippen LogP contribution in [0.5, 0.6) is 0 Å². The lowest BCUT2D eigenvalue weighted by Crippen LogP contribution is -2.51. The first kappa shape index (κ1) is 17.5. The van der Waals surface area contributed by atoms with Gasteiger partial charge in [0.15, 0.2) is 0 Å². The summed E-state index contributed by atoms with van der Waals surface area (Å²) < 4.78 is 0. The van der Waals surface area contributed by atoms with Gasteiger partial charge in [0.05, 0.1) is 5.41 Å². The Morgan fingerprint density at radius 2 is 1.88 bits per heavy atom. The molecule has 1 aliphatic carbocycles. The van der Waals surface area contributed by atoms with Crippen LogP contribution < -0.4 is 5.73 Å². The van der Waals surface area contributed by atoms with E-state index in [4.69, 9.17) is 5.73 Å². The number of benzene rings is 1. The van der Waals surface area contributed by atoms with Crippen molar-refractivity contribution < 1.29 is 4.79 Å². The predicted molar refractivity (Wildman–Crippen MR) is 98.9 cm³/mol. The van der Waals surface area contributed by atoms with E-state index in [-0.39, 0.29) is 11.5 Å². The van der Waals surface area contributed by atoms with Crippen LogP contribution in [0.1, 0.15) is 63.0 Å². The number of aryl methyl sites for hydroxylation is 1. The average Bonchev–Trinajstić information content (AvgIpc) is 2.62. The number of carbonyl (C=O) groups is 1. The third kappa shape index (κ3) is 3.37. The first-order valence-electron chi connectivity index (χ1n) is 9.65. The third-order valence-corrected chi connectivity index (χ3v) is 6.26. The minimum Gasteiger partial charge on any atom is -0.342 e. The highest BCUT2D eigenvalue weighted by Gasteiger charge is 2.44. The molecule has 0 spiro atoms. The van der Waals surface area contributed by atoms with Crippen LogP contribution in [0.3, 0.4) is 0 Å². The highest BCUT2D eigenvalue weighted by atomic mass is 16.2. The fraction of sp³-hybridized carbons (Fsp3) is 0.667. The fourth-order valence-electron chi connectivity index (χ4n) is 4.66. The zero-order valence-corrected chi connectivity index (χ0v) is 15.3. The summed E-state index contributed by atoms with van der Waals surface area (Å²) in [5.74, 6) is 0.936. The molecule has 1 amide bonds. The van der Waals surface area contributed by atoms with Crippen LogP contribution in [0.25, 0.3) is 0 Å². The number of likely N-dealkylation sites (tertiary alicyclic amines) is 1. The van der Waals surface area contributed by atoms with Gasteiger partial charge in [-0.2, -0.15) is 0 Å². The number of rotatable bonds is 3. The molecule has 1 atom stereocenters. The Morgan fingerprint density at radius 1 is 1.21 bits per heavy atom. The van der Waals surface area contributed by atoms with E-state index in [1.165, 1.54) is 17.5 Å². The molecule has 1 unspecified atom stereocenters. The summed E-state index contributed by atoms with van der Waals surface area (Å²) in [5.41, 5.74) is 8.26. The number of nitrogens with zero attached hydrogens (tertiary/aromatic N) is 1. The Labute approximate surface area is 146 Å². The standard InChI is InChI=1S/C21H32N2O/c1-16-7-6-8-19(15-16)21(11-4-3-5-12-21)20(24)23-13-9-18(10-14-23)17(2)22/h6-8,15,17-18H,3-5,9-14,22H2,1-2H3. The van der Waals surface area contributed by atoms with Crippen molar-refractivity contribution in [3.05, 3.63) is 35.4 Å². The number of hydrogen-bond acceptors (Lipinski definition) is 2. The zero-order valence-electron chi connectivity index (χ0n) is 15.3. The van der Waals surface area contributed by atoms with Crippen molar-refractivity contribution in [2.45, 2.75) is 70.3 Å². The Kier molecular flexibility index (Phi) is 5.29. The smallest absolute Gasteiger partial charge is 0.233 e. The molecule has 24 heavy (non-hydrogen) atoms. The van der Waals surface area contributed by atoms with Gasteiger partial charge in [-0.3, -0.25) is 4.79 Å². The van der Waals surface area contributed by atoms with Crippen LogP contribution in [0.15, 0.2) is 24.3 Å². The molecular weight excluding hydrogens is 296 g/mol. The molecule has 1 aliphatic heterocycles. The Balaban J connectivity index is 1.83. The molecule has 0 radical (unpaired) electrons. The maximum absolute atomic E-state index is 13.6. The van der Waals surface area contributed by atoms with Crippen molar-refractivity contribution in [2.75, 3.05) is 13.1 Å². The van der Waals surface area contributed by atoms with Gasteiger partial charge < -0.3 is 10.6 Å². The van der Waals surface area contributed by atoms with Gasteiger partial charge in [0.2, 0.25) is 5.91 Å². The predicted octanol–water partition coefficient (Wildman–Crippen LogP) is 3.78. The van der Waals surface area contributed by atoms with E-state index >= 15 is 0 Å². The summed E-state index contributed by atoms with van der Waals surface area (Å²) in [6.45, 7) is 5.97. The van der Waals surface area contributed by atoms with Gasteiger partial charge in [0, 0.05) is 19.1 Å². The summed E-state index contributed by atoms with van der Waals surface area (Å²) in [6.07, 6.45) is 7.69. The topological polar surface area (TPSA) is 46.3 Å². The molecule has 1 saturated heterocycles. The summed E-state index contributed by atoms with van der Waals surface area (Å²) in [7, 11) is 0. The Bertz CT molecular complexity index is 567. The lowest BCUT2D eigenvalue weighted by atomic mass is 9.68. The summed E-state index contributed by atoms with van der Waals surface area (Å²) in [4.78, 5) is 15.7. The van der Waals surface area contributed by atoms with Crippen molar-refractivity contribution in [3.63, 3.8) is 0 Å². The second-order valence-electron chi connectivity index (χ2n) is 8.00. The van der Waals surface area contributed by atoms with Crippen LogP contribution in [0.4, 0.5) is 0 Å². The molecule has 2 fully saturated rings. The maximum atomic E-state index is 13.6. The van der Waals surface area contributed by atoms with Crippen LogP contribution in [-0.2, 0) is 10.2 Å². The molecule has 1 aromatic carbocycles. The molecule has 3 heteroatoms. The lowest BCUT2D eigenvalue weighted by molar-refractivity contribution is -0.140. The number of nitrogens with two attached hydrogens (primary N) is 1. The second-order valence-corrected chi connectivity index (χ2v) is 8.00. The minimum atomic E-state index is -0.286. The molecule has 132 valence electrons.